The van der Waals surface area contributed by atoms with Gasteiger partial charge in [0.2, 0.25) is 5.91 Å². The Morgan fingerprint density at radius 1 is 1.35 bits per heavy atom. The quantitative estimate of drug-likeness (QED) is 0.801. The summed E-state index contributed by atoms with van der Waals surface area (Å²) in [5.41, 5.74) is 0.259. The average molecular weight is 297 g/mol. The molecular weight excluding hydrogens is 279 g/mol. The van der Waals surface area contributed by atoms with Crippen molar-refractivity contribution in [3.05, 3.63) is 40.7 Å². The predicted octanol–water partition coefficient (Wildman–Crippen LogP) is 2.66. The second kappa shape index (κ2) is 6.86. The Balaban J connectivity index is 2.00. The molecule has 3 nitrogen and oxygen atoms in total. The number of rotatable bonds is 3. The molecule has 20 heavy (non-hydrogen) atoms. The lowest BCUT2D eigenvalue weighted by atomic mass is 10.2. The second-order valence-corrected chi connectivity index (χ2v) is 5.14. The molecule has 1 aliphatic heterocycles. The number of amides is 1. The zero-order valence-corrected chi connectivity index (χ0v) is 12.2. The normalized spacial score (nSPS) is 16.9. The molecule has 0 radical (unpaired) electrons. The molecule has 0 saturated carbocycles. The van der Waals surface area contributed by atoms with Crippen LogP contribution in [0.3, 0.4) is 0 Å². The Kier molecular flexibility index (Phi) is 5.15. The number of carbonyl (C=O) groups excluding carboxylic acids is 1. The van der Waals surface area contributed by atoms with Crippen LogP contribution in [0.2, 0.25) is 5.02 Å². The predicted molar refractivity (Wildman–Crippen MR) is 79.1 cm³/mol. The first-order valence-electron chi connectivity index (χ1n) is 6.75. The van der Waals surface area contributed by atoms with Crippen molar-refractivity contribution in [2.75, 3.05) is 32.7 Å². The van der Waals surface area contributed by atoms with E-state index in [2.05, 4.69) is 11.8 Å². The summed E-state index contributed by atoms with van der Waals surface area (Å²) in [4.78, 5) is 16.1. The molecular formula is C15H18ClFN2O. The van der Waals surface area contributed by atoms with Gasteiger partial charge in [-0.1, -0.05) is 24.6 Å². The molecule has 1 aromatic rings. The number of hydrogen-bond donors (Lipinski definition) is 0. The van der Waals surface area contributed by atoms with Gasteiger partial charge in [-0.05, 0) is 24.8 Å². The number of hydrogen-bond acceptors (Lipinski definition) is 2. The maximum atomic E-state index is 13.6. The van der Waals surface area contributed by atoms with E-state index in [4.69, 9.17) is 11.6 Å². The molecule has 0 N–H and O–H groups in total. The molecule has 108 valence electrons. The summed E-state index contributed by atoms with van der Waals surface area (Å²) < 4.78 is 13.6. The topological polar surface area (TPSA) is 23.6 Å². The summed E-state index contributed by atoms with van der Waals surface area (Å²) in [6, 6.07) is 4.48. The smallest absolute Gasteiger partial charge is 0.246 e. The van der Waals surface area contributed by atoms with Gasteiger partial charge in [-0.3, -0.25) is 4.79 Å². The molecule has 0 bridgehead atoms. The van der Waals surface area contributed by atoms with Gasteiger partial charge in [0.1, 0.15) is 5.82 Å². The number of benzene rings is 1. The molecule has 0 spiro atoms. The number of halogens is 2. The summed E-state index contributed by atoms with van der Waals surface area (Å²) in [5.74, 6) is -0.516. The van der Waals surface area contributed by atoms with Gasteiger partial charge >= 0.3 is 0 Å². The fraction of sp³-hybridized carbons (Fsp3) is 0.400. The number of nitrogens with zero attached hydrogens (tertiary/aromatic N) is 2. The van der Waals surface area contributed by atoms with Gasteiger partial charge in [0.05, 0.1) is 5.02 Å². The van der Waals surface area contributed by atoms with Gasteiger partial charge in [0, 0.05) is 37.8 Å². The van der Waals surface area contributed by atoms with Crippen LogP contribution in [0.25, 0.3) is 6.08 Å². The van der Waals surface area contributed by atoms with Gasteiger partial charge in [-0.15, -0.1) is 0 Å². The van der Waals surface area contributed by atoms with E-state index >= 15 is 0 Å². The van der Waals surface area contributed by atoms with Gasteiger partial charge in [0.25, 0.3) is 0 Å². The van der Waals surface area contributed by atoms with Gasteiger partial charge in [0.15, 0.2) is 0 Å². The van der Waals surface area contributed by atoms with Crippen LogP contribution in [0.4, 0.5) is 4.39 Å². The first kappa shape index (κ1) is 15.0. The molecule has 1 amide bonds. The maximum Gasteiger partial charge on any atom is 0.246 e. The minimum atomic E-state index is -0.419. The summed E-state index contributed by atoms with van der Waals surface area (Å²) in [6.45, 7) is 6.30. The van der Waals surface area contributed by atoms with Crippen LogP contribution >= 0.6 is 11.6 Å². The van der Waals surface area contributed by atoms with Crippen LogP contribution in [0.1, 0.15) is 12.5 Å². The number of likely N-dealkylation sites (N-methyl/N-ethyl adjacent to an activating group) is 1. The lowest BCUT2D eigenvalue weighted by Gasteiger charge is -2.33. The molecule has 1 aromatic carbocycles. The average Bonchev–Trinajstić information content (AvgIpc) is 2.46. The van der Waals surface area contributed by atoms with Crippen LogP contribution in [-0.4, -0.2) is 48.4 Å². The molecule has 2 rings (SSSR count). The van der Waals surface area contributed by atoms with Crippen molar-refractivity contribution in [3.63, 3.8) is 0 Å². The highest BCUT2D eigenvalue weighted by molar-refractivity contribution is 6.32. The zero-order chi connectivity index (χ0) is 14.5. The minimum Gasteiger partial charge on any atom is -0.337 e. The van der Waals surface area contributed by atoms with E-state index in [1.807, 2.05) is 0 Å². The molecule has 1 saturated heterocycles. The first-order chi connectivity index (χ1) is 9.61. The van der Waals surface area contributed by atoms with E-state index in [1.165, 1.54) is 18.2 Å². The van der Waals surface area contributed by atoms with Crippen LogP contribution < -0.4 is 0 Å². The third-order valence-electron chi connectivity index (χ3n) is 3.52. The highest BCUT2D eigenvalue weighted by atomic mass is 35.5. The van der Waals surface area contributed by atoms with Crippen molar-refractivity contribution in [2.45, 2.75) is 6.92 Å². The van der Waals surface area contributed by atoms with Crippen molar-refractivity contribution in [2.24, 2.45) is 0 Å². The van der Waals surface area contributed by atoms with Crippen LogP contribution in [0.15, 0.2) is 24.3 Å². The highest BCUT2D eigenvalue weighted by Gasteiger charge is 2.18. The standard InChI is InChI=1S/C15H18ClFN2O/c1-2-18-8-10-19(11-9-18)15(20)7-6-12-13(16)4-3-5-14(12)17/h3-7H,2,8-11H2,1H3/b7-6+. The Morgan fingerprint density at radius 2 is 2.05 bits per heavy atom. The Labute approximate surface area is 123 Å². The minimum absolute atomic E-state index is 0.0972. The van der Waals surface area contributed by atoms with Gasteiger partial charge in [-0.25, -0.2) is 4.39 Å². The van der Waals surface area contributed by atoms with E-state index in [1.54, 1.807) is 17.0 Å². The molecule has 5 heteroatoms. The summed E-state index contributed by atoms with van der Waals surface area (Å²) >= 11 is 5.91. The third kappa shape index (κ3) is 3.58. The van der Waals surface area contributed by atoms with E-state index in [9.17, 15) is 9.18 Å². The Morgan fingerprint density at radius 3 is 2.65 bits per heavy atom. The first-order valence-corrected chi connectivity index (χ1v) is 7.13. The molecule has 0 aromatic heterocycles. The van der Waals surface area contributed by atoms with E-state index in [0.717, 1.165) is 19.6 Å². The van der Waals surface area contributed by atoms with E-state index in [0.29, 0.717) is 18.1 Å². The largest absolute Gasteiger partial charge is 0.337 e. The number of piperazine rings is 1. The summed E-state index contributed by atoms with van der Waals surface area (Å²) in [6.07, 6.45) is 2.85. The fourth-order valence-electron chi connectivity index (χ4n) is 2.21. The van der Waals surface area contributed by atoms with E-state index < -0.39 is 5.82 Å². The lowest BCUT2D eigenvalue weighted by Crippen LogP contribution is -2.48. The van der Waals surface area contributed by atoms with Gasteiger partial charge < -0.3 is 9.80 Å². The molecule has 0 atom stereocenters. The molecule has 0 unspecified atom stereocenters. The van der Waals surface area contributed by atoms with Crippen molar-refractivity contribution in [1.29, 1.82) is 0 Å². The monoisotopic (exact) mass is 296 g/mol. The Bertz CT molecular complexity index is 490. The molecule has 1 heterocycles. The van der Waals surface area contributed by atoms with Crippen molar-refractivity contribution < 1.29 is 9.18 Å². The molecule has 0 aliphatic carbocycles. The van der Waals surface area contributed by atoms with E-state index in [-0.39, 0.29) is 11.5 Å². The Hall–Kier alpha value is -1.39. The van der Waals surface area contributed by atoms with Gasteiger partial charge in [-0.2, -0.15) is 0 Å². The SMILES string of the molecule is CCN1CCN(C(=O)/C=C/c2c(F)cccc2Cl)CC1. The summed E-state index contributed by atoms with van der Waals surface area (Å²) in [5, 5.41) is 0.310. The maximum absolute atomic E-state index is 13.6. The number of carbonyl (C=O) groups is 1. The van der Waals surface area contributed by atoms with Crippen LogP contribution in [0.5, 0.6) is 0 Å². The zero-order valence-electron chi connectivity index (χ0n) is 11.5. The van der Waals surface area contributed by atoms with Crippen LogP contribution in [-0.2, 0) is 4.79 Å². The second-order valence-electron chi connectivity index (χ2n) is 4.73. The fourth-order valence-corrected chi connectivity index (χ4v) is 2.44. The third-order valence-corrected chi connectivity index (χ3v) is 3.85. The lowest BCUT2D eigenvalue weighted by molar-refractivity contribution is -0.127. The van der Waals surface area contributed by atoms with Crippen molar-refractivity contribution in [3.8, 4) is 0 Å². The molecule has 1 aliphatic rings. The van der Waals surface area contributed by atoms with Crippen LogP contribution in [0, 0.1) is 5.82 Å². The highest BCUT2D eigenvalue weighted by Crippen LogP contribution is 2.20. The van der Waals surface area contributed by atoms with Crippen molar-refractivity contribution in [1.82, 2.24) is 9.80 Å². The summed E-state index contributed by atoms with van der Waals surface area (Å²) in [7, 11) is 0. The molecule has 1 fully saturated rings. The van der Waals surface area contributed by atoms with Crippen molar-refractivity contribution >= 4 is 23.6 Å².